The summed E-state index contributed by atoms with van der Waals surface area (Å²) in [6, 6.07) is 5.37. The van der Waals surface area contributed by atoms with Crippen LogP contribution < -0.4 is 5.32 Å². The summed E-state index contributed by atoms with van der Waals surface area (Å²) in [5, 5.41) is 2.91. The number of aryl methyl sites for hydroxylation is 1. The molecule has 0 saturated carbocycles. The third-order valence-corrected chi connectivity index (χ3v) is 4.97. The minimum Gasteiger partial charge on any atom is -0.376 e. The minimum atomic E-state index is -0.212. The Morgan fingerprint density at radius 1 is 1.28 bits per heavy atom. The summed E-state index contributed by atoms with van der Waals surface area (Å²) >= 11 is 0. The quantitative estimate of drug-likeness (QED) is 0.913. The van der Waals surface area contributed by atoms with E-state index in [0.717, 1.165) is 50.9 Å². The maximum Gasteiger partial charge on any atom is 0.321 e. The molecule has 0 aromatic heterocycles. The Kier molecular flexibility index (Phi) is 5.58. The summed E-state index contributed by atoms with van der Waals surface area (Å²) in [4.78, 5) is 28.9. The molecule has 0 spiro atoms. The van der Waals surface area contributed by atoms with Gasteiger partial charge >= 0.3 is 6.03 Å². The van der Waals surface area contributed by atoms with E-state index in [4.69, 9.17) is 4.74 Å². The average molecular weight is 345 g/mol. The molecule has 1 aromatic rings. The van der Waals surface area contributed by atoms with E-state index >= 15 is 0 Å². The van der Waals surface area contributed by atoms with Crippen LogP contribution in [0.3, 0.4) is 0 Å². The second kappa shape index (κ2) is 7.87. The van der Waals surface area contributed by atoms with Crippen molar-refractivity contribution in [1.29, 1.82) is 0 Å². The zero-order valence-corrected chi connectivity index (χ0v) is 15.1. The van der Waals surface area contributed by atoms with Crippen LogP contribution in [0.5, 0.6) is 0 Å². The first kappa shape index (κ1) is 17.7. The molecule has 136 valence electrons. The fourth-order valence-corrected chi connectivity index (χ4v) is 3.52. The van der Waals surface area contributed by atoms with Gasteiger partial charge in [0.2, 0.25) is 0 Å². The van der Waals surface area contributed by atoms with Gasteiger partial charge in [-0.25, -0.2) is 4.79 Å². The largest absolute Gasteiger partial charge is 0.376 e. The van der Waals surface area contributed by atoms with Crippen molar-refractivity contribution in [1.82, 2.24) is 9.80 Å². The second-order valence-corrected chi connectivity index (χ2v) is 6.94. The third-order valence-electron chi connectivity index (χ3n) is 4.97. The lowest BCUT2D eigenvalue weighted by atomic mass is 10.1. The van der Waals surface area contributed by atoms with Gasteiger partial charge in [-0.05, 0) is 44.2 Å². The molecule has 1 N–H and O–H groups in total. The molecule has 25 heavy (non-hydrogen) atoms. The first-order valence-electron chi connectivity index (χ1n) is 9.09. The third kappa shape index (κ3) is 4.12. The van der Waals surface area contributed by atoms with Crippen LogP contribution in [-0.2, 0) is 4.74 Å². The molecule has 0 bridgehead atoms. The van der Waals surface area contributed by atoms with Crippen molar-refractivity contribution in [2.24, 2.45) is 0 Å². The Balaban J connectivity index is 1.71. The lowest BCUT2D eigenvalue weighted by molar-refractivity contribution is 0.0793. The summed E-state index contributed by atoms with van der Waals surface area (Å²) in [7, 11) is 1.76. The highest BCUT2D eigenvalue weighted by atomic mass is 16.5. The van der Waals surface area contributed by atoms with Crippen LogP contribution in [0.15, 0.2) is 18.2 Å². The number of carbonyl (C=O) groups excluding carboxylic acids is 2. The molecule has 1 aromatic carbocycles. The molecule has 3 rings (SSSR count). The number of nitrogens with zero attached hydrogens (tertiary/aromatic N) is 2. The summed E-state index contributed by atoms with van der Waals surface area (Å²) < 4.78 is 5.59. The van der Waals surface area contributed by atoms with Gasteiger partial charge < -0.3 is 19.9 Å². The lowest BCUT2D eigenvalue weighted by Gasteiger charge is -2.23. The Morgan fingerprint density at radius 2 is 2.04 bits per heavy atom. The van der Waals surface area contributed by atoms with Crippen molar-refractivity contribution < 1.29 is 14.3 Å². The summed E-state index contributed by atoms with van der Waals surface area (Å²) in [5.41, 5.74) is 2.07. The van der Waals surface area contributed by atoms with Crippen molar-refractivity contribution in [3.8, 4) is 0 Å². The molecule has 0 unspecified atom stereocenters. The Hall–Kier alpha value is -2.08. The topological polar surface area (TPSA) is 61.9 Å². The number of likely N-dealkylation sites (N-methyl/N-ethyl adjacent to an activating group) is 1. The molecule has 2 saturated heterocycles. The molecule has 6 nitrogen and oxygen atoms in total. The van der Waals surface area contributed by atoms with Crippen molar-refractivity contribution in [2.45, 2.75) is 38.7 Å². The monoisotopic (exact) mass is 345 g/mol. The molecule has 1 atom stereocenters. The number of rotatable bonds is 4. The van der Waals surface area contributed by atoms with Crippen LogP contribution in [0.25, 0.3) is 0 Å². The maximum absolute atomic E-state index is 12.9. The number of anilines is 1. The number of benzene rings is 1. The highest BCUT2D eigenvalue weighted by Gasteiger charge is 2.25. The summed E-state index contributed by atoms with van der Waals surface area (Å²) in [6.45, 7) is 4.83. The number of carbonyl (C=O) groups is 2. The van der Waals surface area contributed by atoms with Gasteiger partial charge in [0.05, 0.1) is 17.4 Å². The number of amides is 3. The number of ether oxygens (including phenoxy) is 1. The SMILES string of the molecule is Cc1cccc(NC(=O)N(C)C[C@@H]2CCCO2)c1C(=O)N1CCCC1. The van der Waals surface area contributed by atoms with E-state index in [0.29, 0.717) is 17.8 Å². The Labute approximate surface area is 149 Å². The van der Waals surface area contributed by atoms with Crippen molar-refractivity contribution in [3.63, 3.8) is 0 Å². The molecule has 6 heteroatoms. The molecule has 2 aliphatic rings. The number of likely N-dealkylation sites (tertiary alicyclic amines) is 1. The molecule has 0 radical (unpaired) electrons. The number of nitrogens with one attached hydrogen (secondary N) is 1. The zero-order chi connectivity index (χ0) is 17.8. The fourth-order valence-electron chi connectivity index (χ4n) is 3.52. The van der Waals surface area contributed by atoms with Gasteiger partial charge in [-0.15, -0.1) is 0 Å². The first-order valence-corrected chi connectivity index (χ1v) is 9.09. The predicted molar refractivity (Wildman–Crippen MR) is 96.9 cm³/mol. The Morgan fingerprint density at radius 3 is 2.72 bits per heavy atom. The minimum absolute atomic E-state index is 0.00711. The van der Waals surface area contributed by atoms with Crippen LogP contribution in [0.1, 0.15) is 41.6 Å². The van der Waals surface area contributed by atoms with E-state index in [2.05, 4.69) is 5.32 Å². The maximum atomic E-state index is 12.9. The molecule has 3 amide bonds. The van der Waals surface area contributed by atoms with Crippen LogP contribution in [0.2, 0.25) is 0 Å². The van der Waals surface area contributed by atoms with Crippen LogP contribution in [-0.4, -0.2) is 61.1 Å². The van der Waals surface area contributed by atoms with E-state index in [-0.39, 0.29) is 18.0 Å². The van der Waals surface area contributed by atoms with Crippen LogP contribution >= 0.6 is 0 Å². The van der Waals surface area contributed by atoms with E-state index < -0.39 is 0 Å². The smallest absolute Gasteiger partial charge is 0.321 e. The molecular formula is C19H27N3O3. The van der Waals surface area contributed by atoms with Gasteiger partial charge in [0.25, 0.3) is 5.91 Å². The molecule has 2 fully saturated rings. The van der Waals surface area contributed by atoms with Gasteiger partial charge in [-0.2, -0.15) is 0 Å². The fraction of sp³-hybridized carbons (Fsp3) is 0.579. The number of hydrogen-bond acceptors (Lipinski definition) is 3. The molecule has 2 aliphatic heterocycles. The lowest BCUT2D eigenvalue weighted by Crippen LogP contribution is -2.37. The predicted octanol–water partition coefficient (Wildman–Crippen LogP) is 2.87. The van der Waals surface area contributed by atoms with Crippen molar-refractivity contribution >= 4 is 17.6 Å². The molecule has 0 aliphatic carbocycles. The van der Waals surface area contributed by atoms with E-state index in [1.807, 2.05) is 24.0 Å². The zero-order valence-electron chi connectivity index (χ0n) is 15.1. The standard InChI is InChI=1S/C19H27N3O3/c1-14-7-5-9-16(17(14)18(23)22-10-3-4-11-22)20-19(24)21(2)13-15-8-6-12-25-15/h5,7,9,15H,3-4,6,8,10-13H2,1-2H3,(H,20,24)/t15-/m0/s1. The van der Waals surface area contributed by atoms with Crippen LogP contribution in [0, 0.1) is 6.92 Å². The highest BCUT2D eigenvalue weighted by Crippen LogP contribution is 2.24. The van der Waals surface area contributed by atoms with E-state index in [1.165, 1.54) is 0 Å². The number of hydrogen-bond donors (Lipinski definition) is 1. The average Bonchev–Trinajstić information content (AvgIpc) is 3.28. The highest BCUT2D eigenvalue weighted by molar-refractivity contribution is 6.04. The Bertz CT molecular complexity index is 635. The van der Waals surface area contributed by atoms with E-state index in [1.54, 1.807) is 18.0 Å². The first-order chi connectivity index (χ1) is 12.1. The van der Waals surface area contributed by atoms with Gasteiger partial charge in [-0.1, -0.05) is 12.1 Å². The normalized spacial score (nSPS) is 19.9. The number of urea groups is 1. The van der Waals surface area contributed by atoms with Crippen molar-refractivity contribution in [3.05, 3.63) is 29.3 Å². The van der Waals surface area contributed by atoms with E-state index in [9.17, 15) is 9.59 Å². The van der Waals surface area contributed by atoms with Gasteiger partial charge in [0, 0.05) is 33.3 Å². The van der Waals surface area contributed by atoms with Crippen LogP contribution in [0.4, 0.5) is 10.5 Å². The second-order valence-electron chi connectivity index (χ2n) is 6.94. The van der Waals surface area contributed by atoms with Gasteiger partial charge in [0.15, 0.2) is 0 Å². The van der Waals surface area contributed by atoms with Crippen molar-refractivity contribution in [2.75, 3.05) is 38.6 Å². The summed E-state index contributed by atoms with van der Waals surface area (Å²) in [5.74, 6) is 0.00711. The van der Waals surface area contributed by atoms with Gasteiger partial charge in [0.1, 0.15) is 0 Å². The molecular weight excluding hydrogens is 318 g/mol. The molecule has 2 heterocycles. The van der Waals surface area contributed by atoms with Gasteiger partial charge in [-0.3, -0.25) is 4.79 Å². The summed E-state index contributed by atoms with van der Waals surface area (Å²) in [6.07, 6.45) is 4.24.